The number of ether oxygens (including phenoxy) is 1. The Labute approximate surface area is 163 Å². The van der Waals surface area contributed by atoms with E-state index in [9.17, 15) is 13.6 Å². The molecule has 3 rings (SSSR count). The van der Waals surface area contributed by atoms with Gasteiger partial charge < -0.3 is 15.8 Å². The fourth-order valence-electron chi connectivity index (χ4n) is 2.63. The number of nitrogen functional groups attached to an aromatic ring is 1. The summed E-state index contributed by atoms with van der Waals surface area (Å²) in [6.07, 6.45) is -0.157. The first-order valence-corrected chi connectivity index (χ1v) is 10.1. The lowest BCUT2D eigenvalue weighted by atomic mass is 10.1. The van der Waals surface area contributed by atoms with Crippen LogP contribution in [0.2, 0.25) is 0 Å². The second-order valence-corrected chi connectivity index (χ2v) is 8.21. The zero-order chi connectivity index (χ0) is 19.2. The van der Waals surface area contributed by atoms with Crippen molar-refractivity contribution in [1.82, 2.24) is 20.4 Å². The van der Waals surface area contributed by atoms with Crippen LogP contribution in [0, 0.1) is 11.6 Å². The quantitative estimate of drug-likeness (QED) is 0.662. The summed E-state index contributed by atoms with van der Waals surface area (Å²) in [4.78, 5) is 14.0. The standard InChI is InChI=1S/C16H19F2N5O2S2/c17-12-2-1-10(5-13(12)18)7-23-3-4-25-11(8-23)6-20-14(24)9-26-16-22-21-15(19)27-16/h1-2,5,11H,3-4,6-9H2,(H2,19,21)(H,20,24)/t11-/m0/s1. The highest BCUT2D eigenvalue weighted by molar-refractivity contribution is 8.01. The number of benzene rings is 1. The lowest BCUT2D eigenvalue weighted by Gasteiger charge is -2.33. The molecular weight excluding hydrogens is 396 g/mol. The molecule has 3 N–H and O–H groups in total. The van der Waals surface area contributed by atoms with Gasteiger partial charge in [0.1, 0.15) is 0 Å². The molecule has 1 saturated heterocycles. The topological polar surface area (TPSA) is 93.4 Å². The zero-order valence-electron chi connectivity index (χ0n) is 14.4. The van der Waals surface area contributed by atoms with Crippen LogP contribution in [0.3, 0.4) is 0 Å². The van der Waals surface area contributed by atoms with Crippen molar-refractivity contribution in [2.24, 2.45) is 0 Å². The van der Waals surface area contributed by atoms with Crippen molar-refractivity contribution in [2.75, 3.05) is 37.7 Å². The Morgan fingerprint density at radius 3 is 3.00 bits per heavy atom. The molecule has 1 fully saturated rings. The predicted molar refractivity (Wildman–Crippen MR) is 99.4 cm³/mol. The van der Waals surface area contributed by atoms with Crippen LogP contribution < -0.4 is 11.1 Å². The Balaban J connectivity index is 1.41. The fourth-order valence-corrected chi connectivity index (χ4v) is 4.09. The van der Waals surface area contributed by atoms with Gasteiger partial charge in [-0.15, -0.1) is 10.2 Å². The lowest BCUT2D eigenvalue weighted by Crippen LogP contribution is -2.47. The van der Waals surface area contributed by atoms with Gasteiger partial charge in [0.2, 0.25) is 11.0 Å². The molecular formula is C16H19F2N5O2S2. The summed E-state index contributed by atoms with van der Waals surface area (Å²) < 4.78 is 32.7. The van der Waals surface area contributed by atoms with Gasteiger partial charge in [0.25, 0.3) is 0 Å². The van der Waals surface area contributed by atoms with Crippen molar-refractivity contribution >= 4 is 34.1 Å². The zero-order valence-corrected chi connectivity index (χ0v) is 16.0. The average Bonchev–Trinajstić information content (AvgIpc) is 3.07. The number of hydrogen-bond acceptors (Lipinski definition) is 8. The molecule has 0 aliphatic carbocycles. The first kappa shape index (κ1) is 19.9. The highest BCUT2D eigenvalue weighted by atomic mass is 32.2. The van der Waals surface area contributed by atoms with Gasteiger partial charge in [0, 0.05) is 26.2 Å². The molecule has 7 nitrogen and oxygen atoms in total. The first-order valence-electron chi connectivity index (χ1n) is 8.26. The fraction of sp³-hybridized carbons (Fsp3) is 0.438. The normalized spacial score (nSPS) is 17.8. The van der Waals surface area contributed by atoms with Crippen molar-refractivity contribution in [1.29, 1.82) is 0 Å². The van der Waals surface area contributed by atoms with Crippen LogP contribution >= 0.6 is 23.1 Å². The molecule has 1 atom stereocenters. The Morgan fingerprint density at radius 1 is 1.41 bits per heavy atom. The molecule has 146 valence electrons. The number of aromatic nitrogens is 2. The summed E-state index contributed by atoms with van der Waals surface area (Å²) in [7, 11) is 0. The molecule has 0 bridgehead atoms. The third-order valence-corrected chi connectivity index (χ3v) is 5.77. The van der Waals surface area contributed by atoms with Gasteiger partial charge in [-0.25, -0.2) is 8.78 Å². The first-order chi connectivity index (χ1) is 13.0. The van der Waals surface area contributed by atoms with Gasteiger partial charge in [-0.3, -0.25) is 9.69 Å². The number of thioether (sulfide) groups is 1. The smallest absolute Gasteiger partial charge is 0.230 e. The Bertz CT molecular complexity index is 792. The van der Waals surface area contributed by atoms with E-state index in [2.05, 4.69) is 20.4 Å². The molecule has 1 aliphatic rings. The van der Waals surface area contributed by atoms with Crippen LogP contribution in [0.1, 0.15) is 5.56 Å². The van der Waals surface area contributed by atoms with Crippen LogP contribution in [0.25, 0.3) is 0 Å². The van der Waals surface area contributed by atoms with Gasteiger partial charge in [-0.05, 0) is 17.7 Å². The third kappa shape index (κ3) is 6.09. The van der Waals surface area contributed by atoms with E-state index in [0.717, 1.165) is 6.07 Å². The second-order valence-electron chi connectivity index (χ2n) is 5.98. The van der Waals surface area contributed by atoms with Crippen molar-refractivity contribution in [3.8, 4) is 0 Å². The number of nitrogens with one attached hydrogen (secondary N) is 1. The molecule has 2 heterocycles. The molecule has 1 aliphatic heterocycles. The molecule has 0 unspecified atom stereocenters. The van der Waals surface area contributed by atoms with Crippen molar-refractivity contribution in [3.05, 3.63) is 35.4 Å². The Hall–Kier alpha value is -1.82. The maximum Gasteiger partial charge on any atom is 0.230 e. The van der Waals surface area contributed by atoms with E-state index in [1.807, 2.05) is 0 Å². The number of halogens is 2. The molecule has 0 saturated carbocycles. The molecule has 1 aromatic carbocycles. The highest BCUT2D eigenvalue weighted by Crippen LogP contribution is 2.23. The van der Waals surface area contributed by atoms with E-state index >= 15 is 0 Å². The third-order valence-electron chi connectivity index (χ3n) is 3.89. The van der Waals surface area contributed by atoms with E-state index in [1.54, 1.807) is 6.07 Å². The maximum absolute atomic E-state index is 13.3. The predicted octanol–water partition coefficient (Wildman–Crippen LogP) is 1.51. The Kier molecular flexibility index (Phi) is 6.94. The second kappa shape index (κ2) is 9.40. The summed E-state index contributed by atoms with van der Waals surface area (Å²) in [6.45, 7) is 2.69. The molecule has 27 heavy (non-hydrogen) atoms. The lowest BCUT2D eigenvalue weighted by molar-refractivity contribution is -0.119. The largest absolute Gasteiger partial charge is 0.374 e. The highest BCUT2D eigenvalue weighted by Gasteiger charge is 2.21. The molecule has 1 aromatic heterocycles. The van der Waals surface area contributed by atoms with Crippen LogP contribution in [0.4, 0.5) is 13.9 Å². The van der Waals surface area contributed by atoms with E-state index in [1.165, 1.54) is 29.2 Å². The SMILES string of the molecule is Nc1nnc(SCC(=O)NC[C@H]2CN(Cc3ccc(F)c(F)c3)CCO2)s1. The van der Waals surface area contributed by atoms with Crippen molar-refractivity contribution in [3.63, 3.8) is 0 Å². The van der Waals surface area contributed by atoms with E-state index in [-0.39, 0.29) is 17.8 Å². The number of rotatable bonds is 7. The average molecular weight is 415 g/mol. The summed E-state index contributed by atoms with van der Waals surface area (Å²) >= 11 is 2.51. The summed E-state index contributed by atoms with van der Waals surface area (Å²) in [5, 5.41) is 10.7. The number of amides is 1. The van der Waals surface area contributed by atoms with Crippen LogP contribution in [-0.2, 0) is 16.1 Å². The van der Waals surface area contributed by atoms with Crippen LogP contribution in [0.5, 0.6) is 0 Å². The van der Waals surface area contributed by atoms with Crippen molar-refractivity contribution < 1.29 is 18.3 Å². The Morgan fingerprint density at radius 2 is 2.26 bits per heavy atom. The van der Waals surface area contributed by atoms with E-state index in [4.69, 9.17) is 10.5 Å². The van der Waals surface area contributed by atoms with Crippen LogP contribution in [0.15, 0.2) is 22.5 Å². The minimum Gasteiger partial charge on any atom is -0.374 e. The van der Waals surface area contributed by atoms with Gasteiger partial charge in [0.05, 0.1) is 18.5 Å². The molecule has 0 spiro atoms. The number of hydrogen-bond donors (Lipinski definition) is 2. The molecule has 0 radical (unpaired) electrons. The van der Waals surface area contributed by atoms with E-state index in [0.29, 0.717) is 47.8 Å². The summed E-state index contributed by atoms with van der Waals surface area (Å²) in [5.41, 5.74) is 6.20. The van der Waals surface area contributed by atoms with Crippen molar-refractivity contribution in [2.45, 2.75) is 17.0 Å². The number of morpholine rings is 1. The minimum absolute atomic E-state index is 0.130. The maximum atomic E-state index is 13.3. The number of carbonyl (C=O) groups is 1. The van der Waals surface area contributed by atoms with E-state index < -0.39 is 11.6 Å². The van der Waals surface area contributed by atoms with Gasteiger partial charge in [-0.1, -0.05) is 29.2 Å². The summed E-state index contributed by atoms with van der Waals surface area (Å²) in [5.74, 6) is -1.61. The molecule has 2 aromatic rings. The van der Waals surface area contributed by atoms with Gasteiger partial charge in [0.15, 0.2) is 16.0 Å². The summed E-state index contributed by atoms with van der Waals surface area (Å²) in [6, 6.07) is 3.91. The molecule has 1 amide bonds. The number of carbonyl (C=O) groups excluding carboxylic acids is 1. The number of anilines is 1. The molecule has 11 heteroatoms. The monoisotopic (exact) mass is 415 g/mol. The van der Waals surface area contributed by atoms with Gasteiger partial charge >= 0.3 is 0 Å². The van der Waals surface area contributed by atoms with Gasteiger partial charge in [-0.2, -0.15) is 0 Å². The number of nitrogens with two attached hydrogens (primary N) is 1. The van der Waals surface area contributed by atoms with Crippen LogP contribution in [-0.4, -0.2) is 59.1 Å². The minimum atomic E-state index is -0.851. The number of nitrogens with zero attached hydrogens (tertiary/aromatic N) is 3.